The standard InChI is InChI=1S/C15H20ClNO3S/c1-11(2)9-17(14-6-7-21(19,20)10-14)15(18)12-4-3-5-13(16)8-12/h3-5,8,11,14H,6-7,9-10H2,1-2H3. The molecule has 0 radical (unpaired) electrons. The van der Waals surface area contributed by atoms with Crippen LogP contribution >= 0.6 is 11.6 Å². The summed E-state index contributed by atoms with van der Waals surface area (Å²) in [5, 5.41) is 0.504. The summed E-state index contributed by atoms with van der Waals surface area (Å²) in [4.78, 5) is 14.4. The lowest BCUT2D eigenvalue weighted by Crippen LogP contribution is -2.43. The molecule has 1 saturated heterocycles. The lowest BCUT2D eigenvalue weighted by Gasteiger charge is -2.30. The maximum absolute atomic E-state index is 12.7. The Bertz CT molecular complexity index is 628. The quantitative estimate of drug-likeness (QED) is 0.853. The molecule has 1 aliphatic rings. The number of hydrogen-bond acceptors (Lipinski definition) is 3. The van der Waals surface area contributed by atoms with Gasteiger partial charge >= 0.3 is 0 Å². The van der Waals surface area contributed by atoms with Crippen LogP contribution < -0.4 is 0 Å². The van der Waals surface area contributed by atoms with Crippen LogP contribution in [-0.2, 0) is 9.84 Å². The Morgan fingerprint density at radius 1 is 1.43 bits per heavy atom. The third-order valence-corrected chi connectivity index (χ3v) is 5.53. The summed E-state index contributed by atoms with van der Waals surface area (Å²) in [5.74, 6) is 0.353. The van der Waals surface area contributed by atoms with Gasteiger partial charge in [-0.05, 0) is 30.5 Å². The molecule has 6 heteroatoms. The summed E-state index contributed by atoms with van der Waals surface area (Å²) in [6.45, 7) is 4.58. The van der Waals surface area contributed by atoms with Crippen molar-refractivity contribution in [3.63, 3.8) is 0 Å². The summed E-state index contributed by atoms with van der Waals surface area (Å²) in [6.07, 6.45) is 0.515. The Morgan fingerprint density at radius 3 is 2.67 bits per heavy atom. The molecule has 1 fully saturated rings. The Morgan fingerprint density at radius 2 is 2.14 bits per heavy atom. The van der Waals surface area contributed by atoms with E-state index in [1.165, 1.54) is 0 Å². The summed E-state index contributed by atoms with van der Waals surface area (Å²) < 4.78 is 23.4. The van der Waals surface area contributed by atoms with Gasteiger partial charge in [-0.3, -0.25) is 4.79 Å². The van der Waals surface area contributed by atoms with E-state index in [4.69, 9.17) is 11.6 Å². The molecule has 1 amide bonds. The van der Waals surface area contributed by atoms with E-state index in [0.29, 0.717) is 23.6 Å². The molecule has 0 bridgehead atoms. The number of sulfone groups is 1. The van der Waals surface area contributed by atoms with Gasteiger partial charge in [0, 0.05) is 23.2 Å². The van der Waals surface area contributed by atoms with Gasteiger partial charge in [0.15, 0.2) is 9.84 Å². The first-order valence-corrected chi connectivity index (χ1v) is 9.25. The first-order chi connectivity index (χ1) is 9.78. The number of hydrogen-bond donors (Lipinski definition) is 0. The first kappa shape index (κ1) is 16.3. The third-order valence-electron chi connectivity index (χ3n) is 3.54. The Balaban J connectivity index is 2.26. The number of amides is 1. The lowest BCUT2D eigenvalue weighted by atomic mass is 10.1. The average molecular weight is 330 g/mol. The molecule has 2 rings (SSSR count). The lowest BCUT2D eigenvalue weighted by molar-refractivity contribution is 0.0672. The summed E-state index contributed by atoms with van der Waals surface area (Å²) >= 11 is 5.94. The fourth-order valence-corrected chi connectivity index (χ4v) is 4.52. The molecule has 1 unspecified atom stereocenters. The molecule has 1 aromatic carbocycles. The number of nitrogens with zero attached hydrogens (tertiary/aromatic N) is 1. The zero-order valence-corrected chi connectivity index (χ0v) is 13.8. The maximum Gasteiger partial charge on any atom is 0.254 e. The minimum Gasteiger partial charge on any atom is -0.334 e. The van der Waals surface area contributed by atoms with E-state index in [-0.39, 0.29) is 29.4 Å². The molecule has 1 atom stereocenters. The Kier molecular flexibility index (Phi) is 4.94. The van der Waals surface area contributed by atoms with Gasteiger partial charge in [0.2, 0.25) is 0 Å². The van der Waals surface area contributed by atoms with Crippen LogP contribution in [0, 0.1) is 5.92 Å². The summed E-state index contributed by atoms with van der Waals surface area (Å²) in [5.41, 5.74) is 0.507. The summed E-state index contributed by atoms with van der Waals surface area (Å²) in [6, 6.07) is 6.55. The van der Waals surface area contributed by atoms with E-state index in [0.717, 1.165) is 0 Å². The predicted molar refractivity (Wildman–Crippen MR) is 84.4 cm³/mol. The van der Waals surface area contributed by atoms with E-state index in [1.807, 2.05) is 13.8 Å². The Labute approximate surface area is 131 Å². The van der Waals surface area contributed by atoms with Gasteiger partial charge < -0.3 is 4.90 Å². The second kappa shape index (κ2) is 6.36. The fourth-order valence-electron chi connectivity index (χ4n) is 2.60. The van der Waals surface area contributed by atoms with Gasteiger partial charge in [-0.1, -0.05) is 31.5 Å². The van der Waals surface area contributed by atoms with Crippen LogP contribution in [0.4, 0.5) is 0 Å². The minimum absolute atomic E-state index is 0.0615. The van der Waals surface area contributed by atoms with E-state index >= 15 is 0 Å². The van der Waals surface area contributed by atoms with Gasteiger partial charge in [-0.15, -0.1) is 0 Å². The fraction of sp³-hybridized carbons (Fsp3) is 0.533. The topological polar surface area (TPSA) is 54.5 Å². The van der Waals surface area contributed by atoms with E-state index in [9.17, 15) is 13.2 Å². The molecule has 0 aromatic heterocycles. The molecule has 0 spiro atoms. The van der Waals surface area contributed by atoms with Gasteiger partial charge in [0.1, 0.15) is 0 Å². The van der Waals surface area contributed by atoms with Gasteiger partial charge in [0.25, 0.3) is 5.91 Å². The minimum atomic E-state index is -3.02. The van der Waals surface area contributed by atoms with Crippen LogP contribution in [0.3, 0.4) is 0 Å². The highest BCUT2D eigenvalue weighted by molar-refractivity contribution is 7.91. The predicted octanol–water partition coefficient (Wildman–Crippen LogP) is 2.63. The normalized spacial score (nSPS) is 20.7. The molecule has 1 aliphatic heterocycles. The van der Waals surface area contributed by atoms with Crippen molar-refractivity contribution in [3.05, 3.63) is 34.9 Å². The molecule has 0 aliphatic carbocycles. The number of benzene rings is 1. The second-order valence-electron chi connectivity index (χ2n) is 5.92. The highest BCUT2D eigenvalue weighted by Gasteiger charge is 2.35. The number of rotatable bonds is 4. The van der Waals surface area contributed by atoms with Crippen molar-refractivity contribution in [3.8, 4) is 0 Å². The van der Waals surface area contributed by atoms with Crippen molar-refractivity contribution in [2.24, 2.45) is 5.92 Å². The van der Waals surface area contributed by atoms with Crippen molar-refractivity contribution >= 4 is 27.3 Å². The second-order valence-corrected chi connectivity index (χ2v) is 8.58. The average Bonchev–Trinajstić information content (AvgIpc) is 2.75. The third kappa shape index (κ3) is 4.20. The monoisotopic (exact) mass is 329 g/mol. The van der Waals surface area contributed by atoms with Crippen LogP contribution in [0.25, 0.3) is 0 Å². The van der Waals surface area contributed by atoms with Gasteiger partial charge in [-0.2, -0.15) is 0 Å². The number of carbonyl (C=O) groups is 1. The van der Waals surface area contributed by atoms with Crippen LogP contribution in [0.2, 0.25) is 5.02 Å². The largest absolute Gasteiger partial charge is 0.334 e. The Hall–Kier alpha value is -1.07. The maximum atomic E-state index is 12.7. The van der Waals surface area contributed by atoms with Gasteiger partial charge in [-0.25, -0.2) is 8.42 Å². The molecule has 116 valence electrons. The summed E-state index contributed by atoms with van der Waals surface area (Å²) in [7, 11) is -3.02. The van der Waals surface area contributed by atoms with Crippen LogP contribution in [0.1, 0.15) is 30.6 Å². The first-order valence-electron chi connectivity index (χ1n) is 7.05. The number of carbonyl (C=O) groups excluding carboxylic acids is 1. The van der Waals surface area contributed by atoms with Crippen molar-refractivity contribution in [2.45, 2.75) is 26.3 Å². The molecule has 0 N–H and O–H groups in total. The van der Waals surface area contributed by atoms with Crippen molar-refractivity contribution in [1.82, 2.24) is 4.90 Å². The van der Waals surface area contributed by atoms with Crippen molar-refractivity contribution < 1.29 is 13.2 Å². The molecular weight excluding hydrogens is 310 g/mol. The molecule has 0 saturated carbocycles. The van der Waals surface area contributed by atoms with Crippen molar-refractivity contribution in [1.29, 1.82) is 0 Å². The van der Waals surface area contributed by atoms with E-state index in [1.54, 1.807) is 29.2 Å². The molecule has 1 aromatic rings. The number of halogens is 1. The zero-order valence-electron chi connectivity index (χ0n) is 12.3. The zero-order chi connectivity index (χ0) is 15.6. The van der Waals surface area contributed by atoms with Gasteiger partial charge in [0.05, 0.1) is 11.5 Å². The molecule has 4 nitrogen and oxygen atoms in total. The van der Waals surface area contributed by atoms with E-state index < -0.39 is 9.84 Å². The SMILES string of the molecule is CC(C)CN(C(=O)c1cccc(Cl)c1)C1CCS(=O)(=O)C1. The molecule has 1 heterocycles. The van der Waals surface area contributed by atoms with Crippen molar-refractivity contribution in [2.75, 3.05) is 18.1 Å². The molecular formula is C15H20ClNO3S. The van der Waals surface area contributed by atoms with Crippen LogP contribution in [0.15, 0.2) is 24.3 Å². The molecule has 21 heavy (non-hydrogen) atoms. The smallest absolute Gasteiger partial charge is 0.254 e. The highest BCUT2D eigenvalue weighted by atomic mass is 35.5. The van der Waals surface area contributed by atoms with E-state index in [2.05, 4.69) is 0 Å². The van der Waals surface area contributed by atoms with Crippen LogP contribution in [-0.4, -0.2) is 43.3 Å². The van der Waals surface area contributed by atoms with Crippen LogP contribution in [0.5, 0.6) is 0 Å². The highest BCUT2D eigenvalue weighted by Crippen LogP contribution is 2.22.